The highest BCUT2D eigenvalue weighted by Crippen LogP contribution is 2.30. The summed E-state index contributed by atoms with van der Waals surface area (Å²) in [6.07, 6.45) is 2.35. The topological polar surface area (TPSA) is 67.6 Å². The van der Waals surface area contributed by atoms with E-state index in [9.17, 15) is 4.79 Å². The van der Waals surface area contributed by atoms with E-state index in [4.69, 9.17) is 32.4 Å². The minimum atomic E-state index is -0.110. The van der Waals surface area contributed by atoms with Crippen molar-refractivity contribution in [2.75, 3.05) is 32.8 Å². The Morgan fingerprint density at radius 3 is 2.75 bits per heavy atom. The summed E-state index contributed by atoms with van der Waals surface area (Å²) in [7, 11) is 0. The third-order valence-corrected chi connectivity index (χ3v) is 5.45. The maximum atomic E-state index is 12.3. The number of amides is 1. The van der Waals surface area contributed by atoms with Gasteiger partial charge in [0.2, 0.25) is 5.91 Å². The number of halogens is 2. The third-order valence-electron chi connectivity index (χ3n) is 4.90. The van der Waals surface area contributed by atoms with Gasteiger partial charge in [0.25, 0.3) is 0 Å². The number of nitrogens with one attached hydrogen (secondary N) is 1. The molecule has 0 atom stereocenters. The molecular weight excluding hydrogens is 401 g/mol. The standard InChI is InChI=1S/C20H25Cl2N3O3/c1-20(2,25-7-9-27-10-8-25)13-24-18(26)5-6-19-23-12-17(28-19)15-4-3-14(21)11-16(15)22/h3-4,11-12H,5-10,13H2,1-2H3,(H,24,26). The molecular formula is C20H25Cl2N3O3. The van der Waals surface area contributed by atoms with Crippen LogP contribution in [0.5, 0.6) is 0 Å². The van der Waals surface area contributed by atoms with E-state index in [0.717, 1.165) is 31.9 Å². The third kappa shape index (κ3) is 5.47. The Morgan fingerprint density at radius 1 is 1.29 bits per heavy atom. The molecule has 0 bridgehead atoms. The van der Waals surface area contributed by atoms with E-state index >= 15 is 0 Å². The molecule has 28 heavy (non-hydrogen) atoms. The lowest BCUT2D eigenvalue weighted by molar-refractivity contribution is -0.121. The number of morpholine rings is 1. The molecule has 2 heterocycles. The van der Waals surface area contributed by atoms with Crippen LogP contribution in [-0.4, -0.2) is 54.2 Å². The fourth-order valence-corrected chi connectivity index (χ4v) is 3.65. The van der Waals surface area contributed by atoms with Gasteiger partial charge in [-0.05, 0) is 32.0 Å². The van der Waals surface area contributed by atoms with Gasteiger partial charge in [-0.1, -0.05) is 23.2 Å². The molecule has 1 saturated heterocycles. The minimum absolute atomic E-state index is 0.0226. The summed E-state index contributed by atoms with van der Waals surface area (Å²) in [6, 6.07) is 5.19. The van der Waals surface area contributed by atoms with Crippen molar-refractivity contribution in [1.82, 2.24) is 15.2 Å². The van der Waals surface area contributed by atoms with Crippen LogP contribution >= 0.6 is 23.2 Å². The van der Waals surface area contributed by atoms with Crippen LogP contribution in [-0.2, 0) is 16.0 Å². The summed E-state index contributed by atoms with van der Waals surface area (Å²) < 4.78 is 11.1. The quantitative estimate of drug-likeness (QED) is 0.730. The van der Waals surface area contributed by atoms with E-state index in [1.807, 2.05) is 0 Å². The maximum Gasteiger partial charge on any atom is 0.220 e. The summed E-state index contributed by atoms with van der Waals surface area (Å²) in [5.41, 5.74) is 0.613. The van der Waals surface area contributed by atoms with Crippen LogP contribution in [0.25, 0.3) is 11.3 Å². The van der Waals surface area contributed by atoms with Gasteiger partial charge in [-0.15, -0.1) is 0 Å². The van der Waals surface area contributed by atoms with Gasteiger partial charge in [-0.3, -0.25) is 9.69 Å². The molecule has 1 aliphatic rings. The zero-order valence-electron chi connectivity index (χ0n) is 16.1. The molecule has 0 aliphatic carbocycles. The van der Waals surface area contributed by atoms with Gasteiger partial charge in [-0.25, -0.2) is 4.98 Å². The summed E-state index contributed by atoms with van der Waals surface area (Å²) >= 11 is 12.1. The number of carbonyl (C=O) groups excluding carboxylic acids is 1. The molecule has 1 aromatic heterocycles. The minimum Gasteiger partial charge on any atom is -0.441 e. The van der Waals surface area contributed by atoms with E-state index in [2.05, 4.69) is 29.0 Å². The molecule has 1 N–H and O–H groups in total. The Kier molecular flexibility index (Phi) is 6.99. The predicted molar refractivity (Wildman–Crippen MR) is 110 cm³/mol. The average molecular weight is 426 g/mol. The van der Waals surface area contributed by atoms with Crippen molar-refractivity contribution in [1.29, 1.82) is 0 Å². The monoisotopic (exact) mass is 425 g/mol. The number of aromatic nitrogens is 1. The summed E-state index contributed by atoms with van der Waals surface area (Å²) in [5, 5.41) is 4.08. The first-order valence-electron chi connectivity index (χ1n) is 9.35. The Balaban J connectivity index is 1.49. The van der Waals surface area contributed by atoms with Crippen LogP contribution < -0.4 is 5.32 Å². The molecule has 0 saturated carbocycles. The van der Waals surface area contributed by atoms with Crippen LogP contribution in [0.3, 0.4) is 0 Å². The van der Waals surface area contributed by atoms with E-state index in [1.165, 1.54) is 0 Å². The lowest BCUT2D eigenvalue weighted by Crippen LogP contribution is -2.55. The van der Waals surface area contributed by atoms with Crippen molar-refractivity contribution in [3.63, 3.8) is 0 Å². The van der Waals surface area contributed by atoms with Crippen molar-refractivity contribution in [2.45, 2.75) is 32.2 Å². The number of oxazole rings is 1. The molecule has 8 heteroatoms. The van der Waals surface area contributed by atoms with Gasteiger partial charge >= 0.3 is 0 Å². The molecule has 1 aromatic carbocycles. The van der Waals surface area contributed by atoms with Crippen LogP contribution in [0, 0.1) is 0 Å². The number of hydrogen-bond acceptors (Lipinski definition) is 5. The first-order valence-corrected chi connectivity index (χ1v) is 10.1. The molecule has 3 rings (SSSR count). The lowest BCUT2D eigenvalue weighted by Gasteiger charge is -2.40. The Labute approximate surface area is 175 Å². The van der Waals surface area contributed by atoms with Crippen LogP contribution in [0.4, 0.5) is 0 Å². The van der Waals surface area contributed by atoms with Crippen molar-refractivity contribution < 1.29 is 13.9 Å². The number of nitrogens with zero attached hydrogens (tertiary/aromatic N) is 2. The van der Waals surface area contributed by atoms with E-state index in [1.54, 1.807) is 24.4 Å². The second-order valence-electron chi connectivity index (χ2n) is 7.43. The van der Waals surface area contributed by atoms with Gasteiger partial charge in [0, 0.05) is 48.6 Å². The largest absolute Gasteiger partial charge is 0.441 e. The summed E-state index contributed by atoms with van der Waals surface area (Å²) in [6.45, 7) is 8.10. The van der Waals surface area contributed by atoms with Gasteiger partial charge in [0.1, 0.15) is 0 Å². The molecule has 0 radical (unpaired) electrons. The number of rotatable bonds is 7. The van der Waals surface area contributed by atoms with Gasteiger partial charge in [0.15, 0.2) is 11.7 Å². The second-order valence-corrected chi connectivity index (χ2v) is 8.27. The molecule has 2 aromatic rings. The van der Waals surface area contributed by atoms with Gasteiger partial charge in [0.05, 0.1) is 24.4 Å². The molecule has 6 nitrogen and oxygen atoms in total. The van der Waals surface area contributed by atoms with Crippen molar-refractivity contribution in [3.8, 4) is 11.3 Å². The van der Waals surface area contributed by atoms with E-state index in [0.29, 0.717) is 41.1 Å². The fraction of sp³-hybridized carbons (Fsp3) is 0.500. The average Bonchev–Trinajstić information content (AvgIpc) is 3.14. The highest BCUT2D eigenvalue weighted by Gasteiger charge is 2.28. The molecule has 0 spiro atoms. The highest BCUT2D eigenvalue weighted by atomic mass is 35.5. The number of ether oxygens (including phenoxy) is 1. The van der Waals surface area contributed by atoms with Crippen LogP contribution in [0.15, 0.2) is 28.8 Å². The predicted octanol–water partition coefficient (Wildman–Crippen LogP) is 3.81. The van der Waals surface area contributed by atoms with Crippen LogP contribution in [0.2, 0.25) is 10.0 Å². The number of carbonyl (C=O) groups is 1. The first kappa shape index (κ1) is 21.1. The lowest BCUT2D eigenvalue weighted by atomic mass is 10.0. The molecule has 152 valence electrons. The molecule has 1 fully saturated rings. The Bertz CT molecular complexity index is 817. The normalized spacial score (nSPS) is 15.6. The number of benzene rings is 1. The Morgan fingerprint density at radius 2 is 2.04 bits per heavy atom. The second kappa shape index (κ2) is 9.27. The molecule has 1 aliphatic heterocycles. The molecule has 0 unspecified atom stereocenters. The first-order chi connectivity index (χ1) is 13.3. The van der Waals surface area contributed by atoms with Crippen molar-refractivity contribution in [3.05, 3.63) is 40.3 Å². The smallest absolute Gasteiger partial charge is 0.220 e. The Hall–Kier alpha value is -1.60. The SMILES string of the molecule is CC(C)(CNC(=O)CCc1ncc(-c2ccc(Cl)cc2Cl)o1)N1CCOCC1. The zero-order valence-corrected chi connectivity index (χ0v) is 17.6. The van der Waals surface area contributed by atoms with Crippen molar-refractivity contribution in [2.24, 2.45) is 0 Å². The summed E-state index contributed by atoms with van der Waals surface area (Å²) in [4.78, 5) is 18.8. The van der Waals surface area contributed by atoms with E-state index in [-0.39, 0.29) is 11.4 Å². The van der Waals surface area contributed by atoms with E-state index < -0.39 is 0 Å². The van der Waals surface area contributed by atoms with Gasteiger partial charge in [-0.2, -0.15) is 0 Å². The van der Waals surface area contributed by atoms with Gasteiger partial charge < -0.3 is 14.5 Å². The van der Waals surface area contributed by atoms with Crippen molar-refractivity contribution >= 4 is 29.1 Å². The highest BCUT2D eigenvalue weighted by molar-refractivity contribution is 6.36. The number of aryl methyl sites for hydroxylation is 1. The summed E-state index contributed by atoms with van der Waals surface area (Å²) in [5.74, 6) is 1.04. The zero-order chi connectivity index (χ0) is 20.1. The number of hydrogen-bond donors (Lipinski definition) is 1. The maximum absolute atomic E-state index is 12.3. The van der Waals surface area contributed by atoms with Crippen LogP contribution in [0.1, 0.15) is 26.2 Å². The fourth-order valence-electron chi connectivity index (χ4n) is 3.14. The molecule has 1 amide bonds.